The molecular weight excluding hydrogens is 148 g/mol. The van der Waals surface area contributed by atoms with Gasteiger partial charge < -0.3 is 5.32 Å². The molecule has 70 valence electrons. The van der Waals surface area contributed by atoms with E-state index in [1.165, 1.54) is 39.0 Å². The SMILES string of the molecule is CCC1CN(C2(C)CCNC2)C1. The van der Waals surface area contributed by atoms with Gasteiger partial charge in [0.2, 0.25) is 0 Å². The van der Waals surface area contributed by atoms with Crippen molar-refractivity contribution >= 4 is 0 Å². The highest BCUT2D eigenvalue weighted by Crippen LogP contribution is 2.31. The van der Waals surface area contributed by atoms with Crippen LogP contribution in [-0.4, -0.2) is 36.6 Å². The van der Waals surface area contributed by atoms with E-state index in [0.29, 0.717) is 5.54 Å². The number of hydrogen-bond donors (Lipinski definition) is 1. The third-order valence-corrected chi connectivity index (χ3v) is 3.64. The van der Waals surface area contributed by atoms with Gasteiger partial charge in [-0.3, -0.25) is 4.90 Å². The van der Waals surface area contributed by atoms with Gasteiger partial charge in [-0.05, 0) is 25.8 Å². The van der Waals surface area contributed by atoms with E-state index < -0.39 is 0 Å². The van der Waals surface area contributed by atoms with Gasteiger partial charge in [-0.2, -0.15) is 0 Å². The van der Waals surface area contributed by atoms with Crippen LogP contribution in [0.5, 0.6) is 0 Å². The molecular formula is C10H20N2. The Kier molecular flexibility index (Phi) is 2.13. The second-order valence-corrected chi connectivity index (χ2v) is 4.60. The van der Waals surface area contributed by atoms with Gasteiger partial charge in [-0.1, -0.05) is 13.3 Å². The number of rotatable bonds is 2. The van der Waals surface area contributed by atoms with Gasteiger partial charge in [0, 0.05) is 25.2 Å². The zero-order valence-corrected chi connectivity index (χ0v) is 8.27. The average Bonchev–Trinajstić information content (AvgIpc) is 2.34. The van der Waals surface area contributed by atoms with Crippen molar-refractivity contribution in [3.63, 3.8) is 0 Å². The Hall–Kier alpha value is -0.0800. The highest BCUT2D eigenvalue weighted by atomic mass is 15.3. The van der Waals surface area contributed by atoms with Crippen LogP contribution in [0.2, 0.25) is 0 Å². The number of nitrogens with one attached hydrogen (secondary N) is 1. The van der Waals surface area contributed by atoms with E-state index in [-0.39, 0.29) is 0 Å². The largest absolute Gasteiger partial charge is 0.315 e. The van der Waals surface area contributed by atoms with E-state index in [2.05, 4.69) is 24.1 Å². The first kappa shape index (κ1) is 8.52. The molecule has 2 heterocycles. The Bertz CT molecular complexity index is 155. The summed E-state index contributed by atoms with van der Waals surface area (Å²) in [6.07, 6.45) is 2.70. The van der Waals surface area contributed by atoms with Crippen LogP contribution in [-0.2, 0) is 0 Å². The van der Waals surface area contributed by atoms with Crippen molar-refractivity contribution in [1.29, 1.82) is 0 Å². The van der Waals surface area contributed by atoms with Crippen LogP contribution < -0.4 is 5.32 Å². The van der Waals surface area contributed by atoms with Crippen LogP contribution in [0.1, 0.15) is 26.7 Å². The fraction of sp³-hybridized carbons (Fsp3) is 1.00. The molecule has 1 N–H and O–H groups in total. The van der Waals surface area contributed by atoms with Crippen molar-refractivity contribution in [3.05, 3.63) is 0 Å². The van der Waals surface area contributed by atoms with Gasteiger partial charge in [0.1, 0.15) is 0 Å². The topological polar surface area (TPSA) is 15.3 Å². The van der Waals surface area contributed by atoms with Crippen molar-refractivity contribution in [3.8, 4) is 0 Å². The maximum Gasteiger partial charge on any atom is 0.0318 e. The third kappa shape index (κ3) is 1.27. The molecule has 2 rings (SSSR count). The molecule has 0 amide bonds. The lowest BCUT2D eigenvalue weighted by atomic mass is 9.88. The Morgan fingerprint density at radius 2 is 2.25 bits per heavy atom. The molecule has 0 radical (unpaired) electrons. The molecule has 1 unspecified atom stereocenters. The van der Waals surface area contributed by atoms with E-state index >= 15 is 0 Å². The predicted molar refractivity (Wildman–Crippen MR) is 51.2 cm³/mol. The van der Waals surface area contributed by atoms with Crippen molar-refractivity contribution in [2.45, 2.75) is 32.2 Å². The second-order valence-electron chi connectivity index (χ2n) is 4.60. The number of likely N-dealkylation sites (tertiary alicyclic amines) is 1. The number of hydrogen-bond acceptors (Lipinski definition) is 2. The first-order chi connectivity index (χ1) is 5.74. The molecule has 0 saturated carbocycles. The van der Waals surface area contributed by atoms with E-state index in [0.717, 1.165) is 5.92 Å². The van der Waals surface area contributed by atoms with Crippen LogP contribution in [0.25, 0.3) is 0 Å². The predicted octanol–water partition coefficient (Wildman–Crippen LogP) is 1.08. The summed E-state index contributed by atoms with van der Waals surface area (Å²) in [5, 5.41) is 3.45. The van der Waals surface area contributed by atoms with Gasteiger partial charge in [-0.15, -0.1) is 0 Å². The summed E-state index contributed by atoms with van der Waals surface area (Å²) < 4.78 is 0. The van der Waals surface area contributed by atoms with E-state index in [1.807, 2.05) is 0 Å². The van der Waals surface area contributed by atoms with E-state index in [4.69, 9.17) is 0 Å². The Labute approximate surface area is 75.3 Å². The summed E-state index contributed by atoms with van der Waals surface area (Å²) in [5.41, 5.74) is 0.492. The quantitative estimate of drug-likeness (QED) is 0.664. The Balaban J connectivity index is 1.86. The first-order valence-corrected chi connectivity index (χ1v) is 5.20. The molecule has 0 aromatic heterocycles. The summed E-state index contributed by atoms with van der Waals surface area (Å²) in [7, 11) is 0. The van der Waals surface area contributed by atoms with Crippen LogP contribution in [0.15, 0.2) is 0 Å². The van der Waals surface area contributed by atoms with E-state index in [9.17, 15) is 0 Å². The average molecular weight is 168 g/mol. The normalized spacial score (nSPS) is 38.5. The minimum absolute atomic E-state index is 0.492. The van der Waals surface area contributed by atoms with Gasteiger partial charge in [0.15, 0.2) is 0 Å². The Morgan fingerprint density at radius 3 is 2.75 bits per heavy atom. The first-order valence-electron chi connectivity index (χ1n) is 5.20. The zero-order chi connectivity index (χ0) is 8.60. The van der Waals surface area contributed by atoms with Gasteiger partial charge in [-0.25, -0.2) is 0 Å². The molecule has 2 heteroatoms. The monoisotopic (exact) mass is 168 g/mol. The molecule has 1 atom stereocenters. The maximum atomic E-state index is 3.45. The smallest absolute Gasteiger partial charge is 0.0318 e. The lowest BCUT2D eigenvalue weighted by Gasteiger charge is -2.49. The van der Waals surface area contributed by atoms with Crippen molar-refractivity contribution < 1.29 is 0 Å². The molecule has 0 spiro atoms. The summed E-state index contributed by atoms with van der Waals surface area (Å²) in [6, 6.07) is 0. The minimum Gasteiger partial charge on any atom is -0.315 e. The molecule has 12 heavy (non-hydrogen) atoms. The molecule has 0 aliphatic carbocycles. The number of nitrogens with zero attached hydrogens (tertiary/aromatic N) is 1. The van der Waals surface area contributed by atoms with Crippen molar-refractivity contribution in [1.82, 2.24) is 10.2 Å². The second kappa shape index (κ2) is 3.00. The summed E-state index contributed by atoms with van der Waals surface area (Å²) >= 11 is 0. The fourth-order valence-corrected chi connectivity index (χ4v) is 2.34. The minimum atomic E-state index is 0.492. The molecule has 2 aliphatic heterocycles. The lowest BCUT2D eigenvalue weighted by Crippen LogP contribution is -2.59. The maximum absolute atomic E-state index is 3.45. The van der Waals surface area contributed by atoms with Gasteiger partial charge in [0.25, 0.3) is 0 Å². The zero-order valence-electron chi connectivity index (χ0n) is 8.27. The summed E-state index contributed by atoms with van der Waals surface area (Å²) in [6.45, 7) is 9.80. The summed E-state index contributed by atoms with van der Waals surface area (Å²) in [4.78, 5) is 2.65. The molecule has 2 aliphatic rings. The molecule has 2 nitrogen and oxygen atoms in total. The molecule has 0 bridgehead atoms. The van der Waals surface area contributed by atoms with Crippen LogP contribution in [0, 0.1) is 5.92 Å². The summed E-state index contributed by atoms with van der Waals surface area (Å²) in [5.74, 6) is 0.988. The van der Waals surface area contributed by atoms with Crippen molar-refractivity contribution in [2.24, 2.45) is 5.92 Å². The van der Waals surface area contributed by atoms with Gasteiger partial charge >= 0.3 is 0 Å². The third-order valence-electron chi connectivity index (χ3n) is 3.64. The lowest BCUT2D eigenvalue weighted by molar-refractivity contribution is 0.00327. The fourth-order valence-electron chi connectivity index (χ4n) is 2.34. The molecule has 0 aromatic carbocycles. The Morgan fingerprint density at radius 1 is 1.50 bits per heavy atom. The van der Waals surface area contributed by atoms with E-state index in [1.54, 1.807) is 0 Å². The highest BCUT2D eigenvalue weighted by molar-refractivity contribution is 4.98. The van der Waals surface area contributed by atoms with Crippen LogP contribution in [0.3, 0.4) is 0 Å². The van der Waals surface area contributed by atoms with Crippen LogP contribution >= 0.6 is 0 Å². The highest BCUT2D eigenvalue weighted by Gasteiger charge is 2.41. The molecule has 0 aromatic rings. The van der Waals surface area contributed by atoms with Gasteiger partial charge in [0.05, 0.1) is 0 Å². The molecule has 2 saturated heterocycles. The standard InChI is InChI=1S/C10H20N2/c1-3-9-6-12(7-9)10(2)4-5-11-8-10/h9,11H,3-8H2,1-2H3. The van der Waals surface area contributed by atoms with Crippen LogP contribution in [0.4, 0.5) is 0 Å². The van der Waals surface area contributed by atoms with Crippen molar-refractivity contribution in [2.75, 3.05) is 26.2 Å². The molecule has 2 fully saturated rings.